The van der Waals surface area contributed by atoms with Gasteiger partial charge in [-0.3, -0.25) is 4.79 Å². The van der Waals surface area contributed by atoms with Gasteiger partial charge in [0.05, 0.1) is 6.26 Å². The van der Waals surface area contributed by atoms with Crippen LogP contribution in [0.2, 0.25) is 0 Å². The smallest absolute Gasteiger partial charge is 0.223 e. The number of hydrogen-bond donors (Lipinski definition) is 1. The number of hydrogen-bond acceptors (Lipinski definition) is 2. The van der Waals surface area contributed by atoms with E-state index in [0.717, 1.165) is 17.7 Å². The minimum absolute atomic E-state index is 0.0219. The van der Waals surface area contributed by atoms with Crippen molar-refractivity contribution in [2.75, 3.05) is 6.54 Å². The summed E-state index contributed by atoms with van der Waals surface area (Å²) in [5, 5.41) is 2.90. The number of nitrogens with one attached hydrogen (secondary N) is 1. The Balaban J connectivity index is 1.44. The number of carbonyl (C=O) groups is 1. The van der Waals surface area contributed by atoms with Gasteiger partial charge in [0, 0.05) is 18.4 Å². The van der Waals surface area contributed by atoms with E-state index in [1.807, 2.05) is 18.2 Å². The summed E-state index contributed by atoms with van der Waals surface area (Å²) in [7, 11) is 0. The van der Waals surface area contributed by atoms with Crippen molar-refractivity contribution >= 4 is 5.91 Å². The van der Waals surface area contributed by atoms with Crippen molar-refractivity contribution in [3.63, 3.8) is 0 Å². The van der Waals surface area contributed by atoms with Gasteiger partial charge >= 0.3 is 0 Å². The molecule has 1 saturated carbocycles. The van der Waals surface area contributed by atoms with Crippen molar-refractivity contribution in [1.82, 2.24) is 5.32 Å². The number of furan rings is 1. The van der Waals surface area contributed by atoms with E-state index in [1.54, 1.807) is 12.3 Å². The summed E-state index contributed by atoms with van der Waals surface area (Å²) in [6, 6.07) is 10.2. The number of rotatable bonds is 5. The number of halogens is 1. The Bertz CT molecular complexity index is 594. The fourth-order valence-corrected chi connectivity index (χ4v) is 2.46. The fourth-order valence-electron chi connectivity index (χ4n) is 2.46. The van der Waals surface area contributed by atoms with Crippen LogP contribution in [0.4, 0.5) is 4.39 Å². The van der Waals surface area contributed by atoms with E-state index >= 15 is 0 Å². The predicted molar refractivity (Wildman–Crippen MR) is 72.7 cm³/mol. The molecule has 1 fully saturated rings. The molecule has 0 saturated heterocycles. The van der Waals surface area contributed by atoms with Crippen LogP contribution in [0.3, 0.4) is 0 Å². The number of benzene rings is 1. The van der Waals surface area contributed by atoms with Crippen molar-refractivity contribution in [2.45, 2.75) is 18.8 Å². The minimum atomic E-state index is -0.242. The highest BCUT2D eigenvalue weighted by Crippen LogP contribution is 2.47. The largest absolute Gasteiger partial charge is 0.469 e. The van der Waals surface area contributed by atoms with E-state index in [1.165, 1.54) is 12.1 Å². The van der Waals surface area contributed by atoms with Crippen LogP contribution in [0.15, 0.2) is 47.1 Å². The molecule has 1 heterocycles. The van der Waals surface area contributed by atoms with Crippen molar-refractivity contribution in [2.24, 2.45) is 5.92 Å². The zero-order valence-electron chi connectivity index (χ0n) is 11.0. The highest BCUT2D eigenvalue weighted by Gasteiger charge is 2.45. The SMILES string of the molecule is O=C(NCCc1cccc(F)c1)C1CC1c1ccco1. The lowest BCUT2D eigenvalue weighted by molar-refractivity contribution is -0.122. The normalized spacial score (nSPS) is 20.6. The van der Waals surface area contributed by atoms with Gasteiger partial charge in [0.2, 0.25) is 5.91 Å². The van der Waals surface area contributed by atoms with Gasteiger partial charge in [-0.15, -0.1) is 0 Å². The summed E-state index contributed by atoms with van der Waals surface area (Å²) in [6.45, 7) is 0.531. The lowest BCUT2D eigenvalue weighted by Crippen LogP contribution is -2.27. The van der Waals surface area contributed by atoms with Crippen molar-refractivity contribution in [3.8, 4) is 0 Å². The molecule has 4 heteroatoms. The zero-order chi connectivity index (χ0) is 13.9. The third-order valence-corrected chi connectivity index (χ3v) is 3.64. The van der Waals surface area contributed by atoms with E-state index in [4.69, 9.17) is 4.42 Å². The maximum Gasteiger partial charge on any atom is 0.223 e. The van der Waals surface area contributed by atoms with E-state index in [0.29, 0.717) is 13.0 Å². The Morgan fingerprint density at radius 1 is 1.35 bits per heavy atom. The maximum atomic E-state index is 13.0. The molecular weight excluding hydrogens is 257 g/mol. The summed E-state index contributed by atoms with van der Waals surface area (Å²) in [4.78, 5) is 11.9. The highest BCUT2D eigenvalue weighted by molar-refractivity contribution is 5.82. The van der Waals surface area contributed by atoms with E-state index in [-0.39, 0.29) is 23.6 Å². The topological polar surface area (TPSA) is 42.2 Å². The van der Waals surface area contributed by atoms with Gasteiger partial charge in [0.25, 0.3) is 0 Å². The number of carbonyl (C=O) groups excluding carboxylic acids is 1. The summed E-state index contributed by atoms with van der Waals surface area (Å²) < 4.78 is 18.3. The molecule has 1 N–H and O–H groups in total. The van der Waals surface area contributed by atoms with E-state index in [2.05, 4.69) is 5.32 Å². The second-order valence-corrected chi connectivity index (χ2v) is 5.14. The quantitative estimate of drug-likeness (QED) is 0.910. The second kappa shape index (κ2) is 5.49. The summed E-state index contributed by atoms with van der Waals surface area (Å²) in [6.07, 6.45) is 3.12. The molecule has 0 bridgehead atoms. The van der Waals surface area contributed by atoms with Crippen molar-refractivity contribution in [3.05, 3.63) is 59.8 Å². The predicted octanol–water partition coefficient (Wildman–Crippen LogP) is 2.88. The second-order valence-electron chi connectivity index (χ2n) is 5.14. The molecule has 2 unspecified atom stereocenters. The van der Waals surface area contributed by atoms with Crippen LogP contribution < -0.4 is 5.32 Å². The molecule has 1 aliphatic carbocycles. The molecule has 3 nitrogen and oxygen atoms in total. The van der Waals surface area contributed by atoms with Crippen LogP contribution >= 0.6 is 0 Å². The molecule has 0 aliphatic heterocycles. The Kier molecular flexibility index (Phi) is 3.54. The van der Waals surface area contributed by atoms with Crippen LogP contribution in [0.25, 0.3) is 0 Å². The van der Waals surface area contributed by atoms with E-state index < -0.39 is 0 Å². The van der Waals surface area contributed by atoms with Gasteiger partial charge in [-0.05, 0) is 42.7 Å². The monoisotopic (exact) mass is 273 g/mol. The van der Waals surface area contributed by atoms with Crippen LogP contribution in [0, 0.1) is 11.7 Å². The molecule has 0 radical (unpaired) electrons. The molecule has 1 aromatic carbocycles. The molecule has 104 valence electrons. The molecule has 3 rings (SSSR count). The minimum Gasteiger partial charge on any atom is -0.469 e. The Hall–Kier alpha value is -2.10. The zero-order valence-corrected chi connectivity index (χ0v) is 11.0. The first kappa shape index (κ1) is 12.9. The first-order valence-electron chi connectivity index (χ1n) is 6.79. The van der Waals surface area contributed by atoms with Crippen LogP contribution in [-0.4, -0.2) is 12.5 Å². The molecule has 1 amide bonds. The third kappa shape index (κ3) is 2.90. The summed E-state index contributed by atoms with van der Waals surface area (Å²) >= 11 is 0. The van der Waals surface area contributed by atoms with Gasteiger partial charge in [-0.25, -0.2) is 4.39 Å². The summed E-state index contributed by atoms with van der Waals surface area (Å²) in [5.74, 6) is 0.944. The Labute approximate surface area is 116 Å². The fraction of sp³-hybridized carbons (Fsp3) is 0.312. The van der Waals surface area contributed by atoms with Crippen molar-refractivity contribution in [1.29, 1.82) is 0 Å². The van der Waals surface area contributed by atoms with Gasteiger partial charge in [-0.2, -0.15) is 0 Å². The highest BCUT2D eigenvalue weighted by atomic mass is 19.1. The number of amides is 1. The molecule has 20 heavy (non-hydrogen) atoms. The maximum absolute atomic E-state index is 13.0. The molecule has 0 spiro atoms. The van der Waals surface area contributed by atoms with Crippen LogP contribution in [0.5, 0.6) is 0 Å². The lowest BCUT2D eigenvalue weighted by Gasteiger charge is -2.05. The first-order chi connectivity index (χ1) is 9.74. The Morgan fingerprint density at radius 2 is 2.25 bits per heavy atom. The first-order valence-corrected chi connectivity index (χ1v) is 6.79. The summed E-state index contributed by atoms with van der Waals surface area (Å²) in [5.41, 5.74) is 0.892. The van der Waals surface area contributed by atoms with Gasteiger partial charge < -0.3 is 9.73 Å². The lowest BCUT2D eigenvalue weighted by atomic mass is 10.1. The van der Waals surface area contributed by atoms with Crippen molar-refractivity contribution < 1.29 is 13.6 Å². The van der Waals surface area contributed by atoms with Crippen LogP contribution in [0.1, 0.15) is 23.7 Å². The van der Waals surface area contributed by atoms with Gasteiger partial charge in [0.1, 0.15) is 11.6 Å². The molecule has 1 aromatic heterocycles. The van der Waals surface area contributed by atoms with E-state index in [9.17, 15) is 9.18 Å². The van der Waals surface area contributed by atoms with Gasteiger partial charge in [0.15, 0.2) is 0 Å². The Morgan fingerprint density at radius 3 is 3.00 bits per heavy atom. The van der Waals surface area contributed by atoms with Gasteiger partial charge in [-0.1, -0.05) is 12.1 Å². The molecule has 2 aromatic rings. The average Bonchev–Trinajstić information content (AvgIpc) is 3.05. The molecular formula is C16H16FNO2. The molecule has 1 aliphatic rings. The standard InChI is InChI=1S/C16H16FNO2/c17-12-4-1-3-11(9-12)6-7-18-16(19)14-10-13(14)15-5-2-8-20-15/h1-5,8-9,13-14H,6-7,10H2,(H,18,19). The molecule has 2 atom stereocenters. The average molecular weight is 273 g/mol. The third-order valence-electron chi connectivity index (χ3n) is 3.64. The van der Waals surface area contributed by atoms with Crippen LogP contribution in [-0.2, 0) is 11.2 Å².